The Balaban J connectivity index is 1.27. The van der Waals surface area contributed by atoms with Crippen molar-refractivity contribution >= 4 is 22.4 Å². The second-order valence-electron chi connectivity index (χ2n) is 18.9. The lowest BCUT2D eigenvalue weighted by molar-refractivity contribution is -0.255. The van der Waals surface area contributed by atoms with Crippen LogP contribution < -0.4 is 9.47 Å². The number of ether oxygens (including phenoxy) is 3. The van der Waals surface area contributed by atoms with Crippen molar-refractivity contribution in [3.05, 3.63) is 197 Å². The van der Waals surface area contributed by atoms with Gasteiger partial charge in [-0.25, -0.2) is 0 Å². The van der Waals surface area contributed by atoms with Gasteiger partial charge in [0.05, 0.1) is 35.6 Å². The molecule has 2 aliphatic carbocycles. The van der Waals surface area contributed by atoms with E-state index >= 15 is 4.79 Å². The van der Waals surface area contributed by atoms with Crippen molar-refractivity contribution in [3.63, 3.8) is 0 Å². The van der Waals surface area contributed by atoms with Crippen LogP contribution in [-0.4, -0.2) is 63.4 Å². The van der Waals surface area contributed by atoms with E-state index in [0.717, 1.165) is 70.1 Å². The molecule has 1 aromatic heterocycles. The molecule has 5 aromatic carbocycles. The molecule has 71 heavy (non-hydrogen) atoms. The Bertz CT molecular complexity index is 2910. The highest BCUT2D eigenvalue weighted by atomic mass is 16.7. The molecule has 1 amide bonds. The third kappa shape index (κ3) is 10.7. The van der Waals surface area contributed by atoms with Gasteiger partial charge in [-0.2, -0.15) is 5.26 Å². The van der Waals surface area contributed by atoms with Crippen molar-refractivity contribution in [1.82, 2.24) is 9.88 Å². The summed E-state index contributed by atoms with van der Waals surface area (Å²) in [7, 11) is 0. The van der Waals surface area contributed by atoms with Crippen LogP contribution in [0.25, 0.3) is 10.8 Å². The first-order valence-electron chi connectivity index (χ1n) is 24.9. The number of allylic oxidation sites excluding steroid dienone is 1. The predicted molar refractivity (Wildman–Crippen MR) is 274 cm³/mol. The van der Waals surface area contributed by atoms with Gasteiger partial charge in [-0.3, -0.25) is 9.78 Å². The van der Waals surface area contributed by atoms with Gasteiger partial charge in [0, 0.05) is 48.9 Å². The van der Waals surface area contributed by atoms with E-state index in [1.54, 1.807) is 30.3 Å². The number of nitriles is 1. The van der Waals surface area contributed by atoms with Gasteiger partial charge in [0.15, 0.2) is 0 Å². The number of hydrogen-bond donors (Lipinski definition) is 2. The summed E-state index contributed by atoms with van der Waals surface area (Å²) in [6, 6.07) is 44.3. The standard InChI is InChI=1S/C60H62N4O7/c1-3-33-69-60-56(64(59(67)45-27-25-42(37-61)26-28-45)38-47-21-14-20-44-18-7-8-23-50(44)47)36-54(63-70-39-43-16-5-4-6-17-43)52-34-46(19-9-11-31-65)51(24-10-12-32-66)57(58(52)60)53-35-49(29-30-55(53)71-60)68-40-48-22-13-15-41(2)62-48/h3-8,13-18,20-23,25-30,34-35,46,51,56-58,65-66H,1,9-12,19,24,31-33,36,38-40H2,2H3/t46-,51+,56-,57+,58+,60+/m0/s1. The number of nitrogens with zero attached hydrogens (tertiary/aromatic N) is 4. The van der Waals surface area contributed by atoms with Gasteiger partial charge in [0.2, 0.25) is 5.79 Å². The molecule has 9 rings (SSSR count). The zero-order valence-electron chi connectivity index (χ0n) is 40.4. The van der Waals surface area contributed by atoms with E-state index in [0.29, 0.717) is 41.2 Å². The van der Waals surface area contributed by atoms with Crippen LogP contribution in [-0.2, 0) is 29.3 Å². The lowest BCUT2D eigenvalue weighted by Gasteiger charge is -2.60. The van der Waals surface area contributed by atoms with Gasteiger partial charge in [0.25, 0.3) is 5.91 Å². The lowest BCUT2D eigenvalue weighted by atomic mass is 9.55. The van der Waals surface area contributed by atoms with Crippen LogP contribution in [0, 0.1) is 36.0 Å². The first kappa shape index (κ1) is 48.9. The maximum Gasteiger partial charge on any atom is 0.254 e. The van der Waals surface area contributed by atoms with Crippen molar-refractivity contribution in [2.75, 3.05) is 19.8 Å². The van der Waals surface area contributed by atoms with Crippen molar-refractivity contribution in [1.29, 1.82) is 5.26 Å². The number of pyridine rings is 1. The Hall–Kier alpha value is -7.10. The molecule has 0 saturated heterocycles. The fourth-order valence-corrected chi connectivity index (χ4v) is 11.1. The number of aliphatic hydroxyl groups excluding tert-OH is 2. The third-order valence-electron chi connectivity index (χ3n) is 14.3. The van der Waals surface area contributed by atoms with E-state index < -0.39 is 17.7 Å². The van der Waals surface area contributed by atoms with Crippen LogP contribution in [0.5, 0.6) is 11.5 Å². The summed E-state index contributed by atoms with van der Waals surface area (Å²) < 4.78 is 21.4. The monoisotopic (exact) mass is 950 g/mol. The molecule has 1 aliphatic heterocycles. The van der Waals surface area contributed by atoms with E-state index in [1.807, 2.05) is 90.7 Å². The molecular weight excluding hydrogens is 889 g/mol. The first-order chi connectivity index (χ1) is 34.8. The normalized spacial score (nSPS) is 21.5. The number of benzene rings is 5. The van der Waals surface area contributed by atoms with Gasteiger partial charge in [-0.15, -0.1) is 6.58 Å². The number of unbranched alkanes of at least 4 members (excludes halogenated alkanes) is 2. The molecule has 1 saturated carbocycles. The fourth-order valence-electron chi connectivity index (χ4n) is 11.1. The summed E-state index contributed by atoms with van der Waals surface area (Å²) in [5, 5.41) is 37.1. The Kier molecular flexibility index (Phi) is 15.7. The smallest absolute Gasteiger partial charge is 0.254 e. The molecule has 0 bridgehead atoms. The van der Waals surface area contributed by atoms with Crippen molar-refractivity contribution in [3.8, 4) is 17.6 Å². The van der Waals surface area contributed by atoms with Crippen LogP contribution in [0.15, 0.2) is 163 Å². The molecule has 0 radical (unpaired) electrons. The maximum absolute atomic E-state index is 15.7. The minimum Gasteiger partial charge on any atom is -0.487 e. The lowest BCUT2D eigenvalue weighted by Crippen LogP contribution is -2.70. The van der Waals surface area contributed by atoms with Crippen molar-refractivity contribution < 1.29 is 34.1 Å². The molecule has 2 heterocycles. The number of oxime groups is 1. The molecule has 1 fully saturated rings. The quantitative estimate of drug-likeness (QED) is 0.0409. The van der Waals surface area contributed by atoms with Gasteiger partial charge in [-0.1, -0.05) is 109 Å². The number of aromatic nitrogens is 1. The zero-order valence-corrected chi connectivity index (χ0v) is 40.4. The van der Waals surface area contributed by atoms with Crippen molar-refractivity contribution in [2.24, 2.45) is 22.9 Å². The number of fused-ring (bicyclic) bond motifs is 3. The second kappa shape index (κ2) is 22.8. The third-order valence-corrected chi connectivity index (χ3v) is 14.3. The van der Waals surface area contributed by atoms with Gasteiger partial charge < -0.3 is 34.2 Å². The van der Waals surface area contributed by atoms with Crippen LogP contribution >= 0.6 is 0 Å². The number of aliphatic hydroxyl groups is 2. The summed E-state index contributed by atoms with van der Waals surface area (Å²) in [5.41, 5.74) is 7.07. The summed E-state index contributed by atoms with van der Waals surface area (Å²) in [6.07, 6.45) is 8.79. The highest BCUT2D eigenvalue weighted by molar-refractivity contribution is 6.03. The van der Waals surface area contributed by atoms with Crippen LogP contribution in [0.4, 0.5) is 0 Å². The predicted octanol–water partition coefficient (Wildman–Crippen LogP) is 11.2. The van der Waals surface area contributed by atoms with Crippen LogP contribution in [0.1, 0.15) is 94.9 Å². The summed E-state index contributed by atoms with van der Waals surface area (Å²) >= 11 is 0. The van der Waals surface area contributed by atoms with Gasteiger partial charge in [0.1, 0.15) is 30.8 Å². The van der Waals surface area contributed by atoms with E-state index in [4.69, 9.17) is 29.2 Å². The first-order valence-corrected chi connectivity index (χ1v) is 24.9. The van der Waals surface area contributed by atoms with E-state index in [-0.39, 0.29) is 69.7 Å². The highest BCUT2D eigenvalue weighted by Gasteiger charge is 2.65. The summed E-state index contributed by atoms with van der Waals surface area (Å²) in [4.78, 5) is 28.7. The number of carbonyl (C=O) groups is 1. The summed E-state index contributed by atoms with van der Waals surface area (Å²) in [5.74, 6) is -1.19. The Morgan fingerprint density at radius 1 is 0.901 bits per heavy atom. The molecule has 11 heteroatoms. The molecule has 2 N–H and O–H groups in total. The molecular formula is C60H62N4O7. The number of carbonyl (C=O) groups excluding carboxylic acids is 1. The van der Waals surface area contributed by atoms with Gasteiger partial charge >= 0.3 is 0 Å². The number of rotatable bonds is 21. The fraction of sp³-hybridized carbons (Fsp3) is 0.333. The van der Waals surface area contributed by atoms with Gasteiger partial charge in [-0.05, 0) is 127 Å². The topological polar surface area (TPSA) is 147 Å². The Morgan fingerprint density at radius 3 is 2.44 bits per heavy atom. The molecule has 11 nitrogen and oxygen atoms in total. The largest absolute Gasteiger partial charge is 0.487 e. The van der Waals surface area contributed by atoms with Crippen molar-refractivity contribution in [2.45, 2.75) is 89.4 Å². The molecule has 0 unspecified atom stereocenters. The summed E-state index contributed by atoms with van der Waals surface area (Å²) in [6.45, 7) is 7.07. The maximum atomic E-state index is 15.7. The SMILES string of the molecule is C=CCO[C@@]12Oc3ccc(OCc4cccc(C)n4)cc3[C@H]3[C@H](CCCCO)[C@@H](CCCCO)C=C(C(=NOCc4ccccc4)C[C@@H]1N(Cc1cccc4ccccc14)C(=O)c1ccc(C#N)cc1)[C@H]32. The Morgan fingerprint density at radius 2 is 1.66 bits per heavy atom. The number of aryl methyl sites for hydroxylation is 1. The Labute approximate surface area is 416 Å². The van der Waals surface area contributed by atoms with Crippen LogP contribution in [0.2, 0.25) is 0 Å². The van der Waals surface area contributed by atoms with E-state index in [2.05, 4.69) is 49.1 Å². The molecule has 0 spiro atoms. The number of amides is 1. The molecule has 364 valence electrons. The minimum atomic E-state index is -1.50. The molecule has 6 atom stereocenters. The zero-order chi connectivity index (χ0) is 49.2. The van der Waals surface area contributed by atoms with E-state index in [1.165, 1.54) is 0 Å². The molecule has 6 aromatic rings. The molecule has 3 aliphatic rings. The highest BCUT2D eigenvalue weighted by Crippen LogP contribution is 2.62. The average Bonchev–Trinajstić information content (AvgIpc) is 3.40. The van der Waals surface area contributed by atoms with E-state index in [9.17, 15) is 15.5 Å². The number of hydrogen-bond acceptors (Lipinski definition) is 10. The second-order valence-corrected chi connectivity index (χ2v) is 18.9. The average molecular weight is 951 g/mol. The minimum absolute atomic E-state index is 0.0167. The van der Waals surface area contributed by atoms with Crippen LogP contribution in [0.3, 0.4) is 0 Å².